The fraction of sp³-hybridized carbons (Fsp3) is 0.429. The first-order valence-corrected chi connectivity index (χ1v) is 9.79. The Hall–Kier alpha value is -3.00. The topological polar surface area (TPSA) is 113 Å². The number of aryl methyl sites for hydroxylation is 1. The number of nitrogens with two attached hydrogens (primary N) is 1. The number of aliphatic hydroxyl groups excluding tert-OH is 1. The van der Waals surface area contributed by atoms with E-state index in [1.807, 2.05) is 17.0 Å². The average molecular weight is 395 g/mol. The van der Waals surface area contributed by atoms with Gasteiger partial charge in [-0.3, -0.25) is 14.6 Å². The zero-order valence-corrected chi connectivity index (χ0v) is 16.2. The van der Waals surface area contributed by atoms with Gasteiger partial charge in [0.1, 0.15) is 5.82 Å². The number of aromatic nitrogens is 2. The van der Waals surface area contributed by atoms with Crippen molar-refractivity contribution in [3.8, 4) is 0 Å². The van der Waals surface area contributed by atoms with E-state index < -0.39 is 5.41 Å². The smallest absolute Gasteiger partial charge is 0.255 e. The van der Waals surface area contributed by atoms with Gasteiger partial charge in [0.05, 0.1) is 12.2 Å². The molecule has 2 aromatic rings. The second-order valence-electron chi connectivity index (χ2n) is 8.01. The molecule has 2 aliphatic rings. The van der Waals surface area contributed by atoms with E-state index in [-0.39, 0.29) is 24.3 Å². The molecule has 0 aromatic carbocycles. The Bertz CT molecular complexity index is 889. The summed E-state index contributed by atoms with van der Waals surface area (Å²) >= 11 is 0. The fourth-order valence-corrected chi connectivity index (χ4v) is 4.42. The SMILES string of the molecule is Nc1ccc(C(=O)N2CC3CN(C(=O)CCc4cccnc4)CC3(CO)C2)cn1. The molecule has 29 heavy (non-hydrogen) atoms. The normalized spacial score (nSPS) is 23.3. The van der Waals surface area contributed by atoms with Crippen LogP contribution in [-0.4, -0.2) is 69.5 Å². The Labute approximate surface area is 169 Å². The van der Waals surface area contributed by atoms with Gasteiger partial charge in [-0.05, 0) is 30.2 Å². The van der Waals surface area contributed by atoms with Crippen LogP contribution in [0.5, 0.6) is 0 Å². The summed E-state index contributed by atoms with van der Waals surface area (Å²) in [5.74, 6) is 0.401. The number of amides is 2. The van der Waals surface area contributed by atoms with Gasteiger partial charge in [-0.1, -0.05) is 6.07 Å². The molecule has 152 valence electrons. The summed E-state index contributed by atoms with van der Waals surface area (Å²) in [5.41, 5.74) is 6.65. The number of anilines is 1. The quantitative estimate of drug-likeness (QED) is 0.766. The van der Waals surface area contributed by atoms with Crippen LogP contribution in [0.4, 0.5) is 5.82 Å². The van der Waals surface area contributed by atoms with Crippen molar-refractivity contribution in [2.75, 3.05) is 38.5 Å². The second-order valence-corrected chi connectivity index (χ2v) is 8.01. The maximum Gasteiger partial charge on any atom is 0.255 e. The van der Waals surface area contributed by atoms with Crippen LogP contribution < -0.4 is 5.73 Å². The Kier molecular flexibility index (Phi) is 5.19. The number of nitrogen functional groups attached to an aromatic ring is 1. The number of fused-ring (bicyclic) bond motifs is 1. The Morgan fingerprint density at radius 1 is 1.17 bits per heavy atom. The minimum Gasteiger partial charge on any atom is -0.396 e. The van der Waals surface area contributed by atoms with Crippen molar-refractivity contribution in [2.24, 2.45) is 11.3 Å². The van der Waals surface area contributed by atoms with Crippen molar-refractivity contribution in [3.05, 3.63) is 54.0 Å². The largest absolute Gasteiger partial charge is 0.396 e. The Morgan fingerprint density at radius 2 is 1.97 bits per heavy atom. The highest BCUT2D eigenvalue weighted by atomic mass is 16.3. The number of carbonyl (C=O) groups is 2. The third kappa shape index (κ3) is 3.80. The summed E-state index contributed by atoms with van der Waals surface area (Å²) in [6.07, 6.45) is 6.03. The zero-order chi connectivity index (χ0) is 20.4. The van der Waals surface area contributed by atoms with Crippen LogP contribution in [0.15, 0.2) is 42.9 Å². The van der Waals surface area contributed by atoms with Crippen molar-refractivity contribution >= 4 is 17.6 Å². The molecule has 4 rings (SSSR count). The monoisotopic (exact) mass is 395 g/mol. The van der Waals surface area contributed by atoms with Gasteiger partial charge in [0.25, 0.3) is 5.91 Å². The summed E-state index contributed by atoms with van der Waals surface area (Å²) < 4.78 is 0. The third-order valence-electron chi connectivity index (χ3n) is 6.10. The first-order valence-electron chi connectivity index (χ1n) is 9.79. The van der Waals surface area contributed by atoms with Crippen molar-refractivity contribution in [1.82, 2.24) is 19.8 Å². The van der Waals surface area contributed by atoms with Gasteiger partial charge in [0, 0.05) is 62.5 Å². The number of aliphatic hydroxyl groups is 1. The van der Waals surface area contributed by atoms with Gasteiger partial charge in [-0.2, -0.15) is 0 Å². The lowest BCUT2D eigenvalue weighted by atomic mass is 9.82. The zero-order valence-electron chi connectivity index (χ0n) is 16.2. The first kappa shape index (κ1) is 19.3. The molecule has 0 radical (unpaired) electrons. The fourth-order valence-electron chi connectivity index (χ4n) is 4.42. The van der Waals surface area contributed by atoms with E-state index in [2.05, 4.69) is 9.97 Å². The lowest BCUT2D eigenvalue weighted by Crippen LogP contribution is -2.40. The predicted octanol–water partition coefficient (Wildman–Crippen LogP) is 0.584. The van der Waals surface area contributed by atoms with Gasteiger partial charge in [0.2, 0.25) is 5.91 Å². The molecule has 2 aromatic heterocycles. The van der Waals surface area contributed by atoms with E-state index in [1.54, 1.807) is 29.4 Å². The highest BCUT2D eigenvalue weighted by Gasteiger charge is 2.54. The first-order chi connectivity index (χ1) is 14.0. The maximum atomic E-state index is 12.8. The van der Waals surface area contributed by atoms with Crippen LogP contribution >= 0.6 is 0 Å². The highest BCUT2D eigenvalue weighted by molar-refractivity contribution is 5.94. The Balaban J connectivity index is 1.38. The highest BCUT2D eigenvalue weighted by Crippen LogP contribution is 2.42. The van der Waals surface area contributed by atoms with E-state index in [0.29, 0.717) is 50.4 Å². The molecule has 0 saturated carbocycles. The molecule has 0 bridgehead atoms. The van der Waals surface area contributed by atoms with Gasteiger partial charge >= 0.3 is 0 Å². The van der Waals surface area contributed by atoms with Crippen molar-refractivity contribution in [2.45, 2.75) is 12.8 Å². The summed E-state index contributed by atoms with van der Waals surface area (Å²) in [5, 5.41) is 10.1. The summed E-state index contributed by atoms with van der Waals surface area (Å²) in [6, 6.07) is 7.10. The molecule has 2 amide bonds. The molecular formula is C21H25N5O3. The molecule has 2 saturated heterocycles. The number of pyridine rings is 2. The summed E-state index contributed by atoms with van der Waals surface area (Å²) in [4.78, 5) is 37.2. The third-order valence-corrected chi connectivity index (χ3v) is 6.10. The molecule has 8 heteroatoms. The van der Waals surface area contributed by atoms with Crippen molar-refractivity contribution in [1.29, 1.82) is 0 Å². The summed E-state index contributed by atoms with van der Waals surface area (Å²) in [7, 11) is 0. The summed E-state index contributed by atoms with van der Waals surface area (Å²) in [6.45, 7) is 1.95. The molecule has 2 fully saturated rings. The van der Waals surface area contributed by atoms with E-state index in [9.17, 15) is 14.7 Å². The molecular weight excluding hydrogens is 370 g/mol. The van der Waals surface area contributed by atoms with Crippen LogP contribution in [0.2, 0.25) is 0 Å². The number of hydrogen-bond donors (Lipinski definition) is 2. The van der Waals surface area contributed by atoms with Crippen LogP contribution in [0.1, 0.15) is 22.3 Å². The average Bonchev–Trinajstić information content (AvgIpc) is 3.28. The van der Waals surface area contributed by atoms with Gasteiger partial charge in [-0.15, -0.1) is 0 Å². The van der Waals surface area contributed by atoms with E-state index in [1.165, 1.54) is 6.20 Å². The maximum absolute atomic E-state index is 12.8. The van der Waals surface area contributed by atoms with Gasteiger partial charge < -0.3 is 20.6 Å². The van der Waals surface area contributed by atoms with Crippen LogP contribution in [0.3, 0.4) is 0 Å². The minimum atomic E-state index is -0.457. The van der Waals surface area contributed by atoms with E-state index in [4.69, 9.17) is 5.73 Å². The molecule has 8 nitrogen and oxygen atoms in total. The van der Waals surface area contributed by atoms with Crippen molar-refractivity contribution in [3.63, 3.8) is 0 Å². The number of rotatable bonds is 5. The number of hydrogen-bond acceptors (Lipinski definition) is 6. The molecule has 4 heterocycles. The second kappa shape index (κ2) is 7.79. The Morgan fingerprint density at radius 3 is 2.62 bits per heavy atom. The van der Waals surface area contributed by atoms with Crippen LogP contribution in [0, 0.1) is 11.3 Å². The molecule has 2 atom stereocenters. The molecule has 2 unspecified atom stereocenters. The lowest BCUT2D eigenvalue weighted by Gasteiger charge is -2.27. The predicted molar refractivity (Wildman–Crippen MR) is 107 cm³/mol. The van der Waals surface area contributed by atoms with E-state index in [0.717, 1.165) is 5.56 Å². The molecule has 0 spiro atoms. The molecule has 3 N–H and O–H groups in total. The van der Waals surface area contributed by atoms with E-state index >= 15 is 0 Å². The van der Waals surface area contributed by atoms with Gasteiger partial charge in [0.15, 0.2) is 0 Å². The number of nitrogens with zero attached hydrogens (tertiary/aromatic N) is 4. The lowest BCUT2D eigenvalue weighted by molar-refractivity contribution is -0.130. The standard InChI is InChI=1S/C21H25N5O3/c22-18-5-4-16(9-24-18)20(29)26-11-17-10-25(12-21(17,13-26)14-27)19(28)6-3-15-2-1-7-23-8-15/h1-2,4-5,7-9,17,27H,3,6,10-14H2,(H2,22,24). The van der Waals surface area contributed by atoms with Crippen LogP contribution in [0.25, 0.3) is 0 Å². The van der Waals surface area contributed by atoms with Gasteiger partial charge in [-0.25, -0.2) is 4.98 Å². The van der Waals surface area contributed by atoms with Crippen molar-refractivity contribution < 1.29 is 14.7 Å². The minimum absolute atomic E-state index is 0.0478. The molecule has 2 aliphatic heterocycles. The number of carbonyl (C=O) groups excluding carboxylic acids is 2. The van der Waals surface area contributed by atoms with Crippen LogP contribution in [-0.2, 0) is 11.2 Å². The molecule has 0 aliphatic carbocycles. The number of likely N-dealkylation sites (tertiary alicyclic amines) is 2.